The highest BCUT2D eigenvalue weighted by Gasteiger charge is 2.01. The minimum atomic E-state index is 0.118. The molecule has 0 unspecified atom stereocenters. The fraction of sp³-hybridized carbons (Fsp3) is 0.583. The first-order chi connectivity index (χ1) is 7.77. The second kappa shape index (κ2) is 7.41. The van der Waals surface area contributed by atoms with Crippen molar-refractivity contribution in [2.75, 3.05) is 13.6 Å². The van der Waals surface area contributed by atoms with E-state index in [-0.39, 0.29) is 5.91 Å². The van der Waals surface area contributed by atoms with Gasteiger partial charge >= 0.3 is 0 Å². The lowest BCUT2D eigenvalue weighted by Crippen LogP contribution is -2.20. The molecule has 2 N–H and O–H groups in total. The lowest BCUT2D eigenvalue weighted by molar-refractivity contribution is -0.120. The summed E-state index contributed by atoms with van der Waals surface area (Å²) >= 11 is 1.80. The van der Waals surface area contributed by atoms with Crippen molar-refractivity contribution in [1.29, 1.82) is 0 Å². The van der Waals surface area contributed by atoms with Gasteiger partial charge in [-0.15, -0.1) is 11.3 Å². The van der Waals surface area contributed by atoms with E-state index in [9.17, 15) is 4.79 Å². The van der Waals surface area contributed by atoms with E-state index in [2.05, 4.69) is 29.0 Å². The van der Waals surface area contributed by atoms with E-state index in [0.717, 1.165) is 25.9 Å². The second-order valence-electron chi connectivity index (χ2n) is 3.68. The van der Waals surface area contributed by atoms with Gasteiger partial charge in [-0.25, -0.2) is 0 Å². The summed E-state index contributed by atoms with van der Waals surface area (Å²) in [5.74, 6) is 0.118. The SMILES string of the molecule is CCc1ccsc1CNCCCC(=O)NC. The molecular formula is C12H20N2OS. The molecule has 3 nitrogen and oxygen atoms in total. The van der Waals surface area contributed by atoms with Crippen molar-refractivity contribution in [3.05, 3.63) is 21.9 Å². The van der Waals surface area contributed by atoms with Gasteiger partial charge in [0, 0.05) is 24.9 Å². The molecule has 0 saturated carbocycles. The van der Waals surface area contributed by atoms with Gasteiger partial charge in [0.2, 0.25) is 5.91 Å². The average Bonchev–Trinajstić information content (AvgIpc) is 2.75. The molecule has 1 amide bonds. The van der Waals surface area contributed by atoms with Crippen LogP contribution in [-0.4, -0.2) is 19.5 Å². The molecule has 4 heteroatoms. The Morgan fingerprint density at radius 2 is 2.31 bits per heavy atom. The Bertz CT molecular complexity index is 323. The van der Waals surface area contributed by atoms with Gasteiger partial charge < -0.3 is 10.6 Å². The Labute approximate surface area is 101 Å². The van der Waals surface area contributed by atoms with Gasteiger partial charge in [-0.1, -0.05) is 6.92 Å². The molecule has 0 saturated heterocycles. The Kier molecular flexibility index (Phi) is 6.11. The Morgan fingerprint density at radius 1 is 1.50 bits per heavy atom. The van der Waals surface area contributed by atoms with Crippen LogP contribution in [0.1, 0.15) is 30.2 Å². The largest absolute Gasteiger partial charge is 0.359 e. The van der Waals surface area contributed by atoms with Gasteiger partial charge in [0.25, 0.3) is 0 Å². The van der Waals surface area contributed by atoms with Crippen molar-refractivity contribution in [1.82, 2.24) is 10.6 Å². The van der Waals surface area contributed by atoms with Crippen molar-refractivity contribution in [2.45, 2.75) is 32.7 Å². The Balaban J connectivity index is 2.14. The molecule has 1 aromatic rings. The normalized spacial score (nSPS) is 10.4. The maximum Gasteiger partial charge on any atom is 0.219 e. The molecule has 1 heterocycles. The first-order valence-corrected chi connectivity index (χ1v) is 6.62. The highest BCUT2D eigenvalue weighted by atomic mass is 32.1. The number of nitrogens with one attached hydrogen (secondary N) is 2. The lowest BCUT2D eigenvalue weighted by Gasteiger charge is -2.04. The summed E-state index contributed by atoms with van der Waals surface area (Å²) in [6.45, 7) is 4.00. The molecule has 0 aromatic carbocycles. The van der Waals surface area contributed by atoms with Crippen LogP contribution in [0, 0.1) is 0 Å². The van der Waals surface area contributed by atoms with Gasteiger partial charge in [0.1, 0.15) is 0 Å². The lowest BCUT2D eigenvalue weighted by atomic mass is 10.2. The van der Waals surface area contributed by atoms with Gasteiger partial charge in [-0.05, 0) is 36.4 Å². The number of amides is 1. The second-order valence-corrected chi connectivity index (χ2v) is 4.68. The smallest absolute Gasteiger partial charge is 0.219 e. The predicted octanol–water partition coefficient (Wildman–Crippen LogP) is 1.93. The summed E-state index contributed by atoms with van der Waals surface area (Å²) in [5.41, 5.74) is 1.43. The van der Waals surface area contributed by atoms with Crippen LogP contribution in [0.2, 0.25) is 0 Å². The fourth-order valence-electron chi connectivity index (χ4n) is 1.54. The van der Waals surface area contributed by atoms with Gasteiger partial charge in [0.05, 0.1) is 0 Å². The monoisotopic (exact) mass is 240 g/mol. The van der Waals surface area contributed by atoms with Crippen molar-refractivity contribution < 1.29 is 4.79 Å². The maximum absolute atomic E-state index is 11.0. The van der Waals surface area contributed by atoms with Crippen LogP contribution in [0.25, 0.3) is 0 Å². The molecule has 0 aliphatic carbocycles. The van der Waals surface area contributed by atoms with E-state index in [1.807, 2.05) is 0 Å². The molecule has 0 bridgehead atoms. The van der Waals surface area contributed by atoms with Crippen LogP contribution in [0.4, 0.5) is 0 Å². The van der Waals surface area contributed by atoms with Crippen molar-refractivity contribution >= 4 is 17.2 Å². The van der Waals surface area contributed by atoms with Crippen molar-refractivity contribution in [3.8, 4) is 0 Å². The standard InChI is InChI=1S/C12H20N2OS/c1-3-10-6-8-16-11(10)9-14-7-4-5-12(15)13-2/h6,8,14H,3-5,7,9H2,1-2H3,(H,13,15). The van der Waals surface area contributed by atoms with E-state index < -0.39 is 0 Å². The average molecular weight is 240 g/mol. The molecule has 0 aliphatic heterocycles. The van der Waals surface area contributed by atoms with Crippen LogP contribution in [0.5, 0.6) is 0 Å². The quantitative estimate of drug-likeness (QED) is 0.715. The summed E-state index contributed by atoms with van der Waals surface area (Å²) < 4.78 is 0. The fourth-order valence-corrected chi connectivity index (χ4v) is 2.48. The van der Waals surface area contributed by atoms with E-state index in [1.165, 1.54) is 10.4 Å². The van der Waals surface area contributed by atoms with E-state index >= 15 is 0 Å². The first kappa shape index (κ1) is 13.2. The molecule has 0 fully saturated rings. The molecule has 0 spiro atoms. The summed E-state index contributed by atoms with van der Waals surface area (Å²) in [6.07, 6.45) is 2.60. The zero-order valence-electron chi connectivity index (χ0n) is 10.0. The zero-order valence-corrected chi connectivity index (χ0v) is 10.8. The zero-order chi connectivity index (χ0) is 11.8. The highest BCUT2D eigenvalue weighted by molar-refractivity contribution is 7.10. The van der Waals surface area contributed by atoms with Gasteiger partial charge in [-0.3, -0.25) is 4.79 Å². The molecule has 0 aliphatic rings. The first-order valence-electron chi connectivity index (χ1n) is 5.74. The van der Waals surface area contributed by atoms with Crippen molar-refractivity contribution in [2.24, 2.45) is 0 Å². The third kappa shape index (κ3) is 4.33. The maximum atomic E-state index is 11.0. The van der Waals surface area contributed by atoms with E-state index in [4.69, 9.17) is 0 Å². The molecule has 0 radical (unpaired) electrons. The predicted molar refractivity (Wildman–Crippen MR) is 68.7 cm³/mol. The van der Waals surface area contributed by atoms with Gasteiger partial charge in [0.15, 0.2) is 0 Å². The van der Waals surface area contributed by atoms with Crippen LogP contribution in [-0.2, 0) is 17.8 Å². The van der Waals surface area contributed by atoms with Crippen LogP contribution < -0.4 is 10.6 Å². The van der Waals surface area contributed by atoms with Gasteiger partial charge in [-0.2, -0.15) is 0 Å². The molecular weight excluding hydrogens is 220 g/mol. The Morgan fingerprint density at radius 3 is 3.00 bits per heavy atom. The summed E-state index contributed by atoms with van der Waals surface area (Å²) in [5, 5.41) is 8.13. The van der Waals surface area contributed by atoms with E-state index in [1.54, 1.807) is 18.4 Å². The summed E-state index contributed by atoms with van der Waals surface area (Å²) in [4.78, 5) is 12.4. The molecule has 0 atom stereocenters. The molecule has 16 heavy (non-hydrogen) atoms. The number of aryl methyl sites for hydroxylation is 1. The van der Waals surface area contributed by atoms with Crippen LogP contribution in [0.3, 0.4) is 0 Å². The molecule has 1 rings (SSSR count). The number of carbonyl (C=O) groups excluding carboxylic acids is 1. The molecule has 1 aromatic heterocycles. The Hall–Kier alpha value is -0.870. The third-order valence-electron chi connectivity index (χ3n) is 2.54. The molecule has 90 valence electrons. The third-order valence-corrected chi connectivity index (χ3v) is 3.50. The number of rotatable bonds is 7. The highest BCUT2D eigenvalue weighted by Crippen LogP contribution is 2.16. The topological polar surface area (TPSA) is 41.1 Å². The van der Waals surface area contributed by atoms with E-state index in [0.29, 0.717) is 6.42 Å². The minimum Gasteiger partial charge on any atom is -0.359 e. The number of hydrogen-bond acceptors (Lipinski definition) is 3. The summed E-state index contributed by atoms with van der Waals surface area (Å²) in [6, 6.07) is 2.19. The van der Waals surface area contributed by atoms with Crippen molar-refractivity contribution in [3.63, 3.8) is 0 Å². The number of carbonyl (C=O) groups is 1. The minimum absolute atomic E-state index is 0.118. The number of thiophene rings is 1. The summed E-state index contributed by atoms with van der Waals surface area (Å²) in [7, 11) is 1.68. The van der Waals surface area contributed by atoms with Crippen LogP contribution >= 0.6 is 11.3 Å². The number of hydrogen-bond donors (Lipinski definition) is 2. The van der Waals surface area contributed by atoms with Crippen LogP contribution in [0.15, 0.2) is 11.4 Å².